The minimum absolute atomic E-state index is 0.0722. The maximum absolute atomic E-state index is 11.0. The molecule has 0 bridgehead atoms. The number of rotatable bonds is 4. The van der Waals surface area contributed by atoms with Crippen molar-refractivity contribution in [3.05, 3.63) is 76.8 Å². The zero-order chi connectivity index (χ0) is 16.2. The predicted molar refractivity (Wildman–Crippen MR) is 90.9 cm³/mol. The lowest BCUT2D eigenvalue weighted by Gasteiger charge is -2.08. The van der Waals surface area contributed by atoms with Crippen LogP contribution in [0.4, 0.5) is 5.69 Å². The average Bonchev–Trinajstić information content (AvgIpc) is 2.56. The summed E-state index contributed by atoms with van der Waals surface area (Å²) in [5, 5.41) is 17.5. The molecule has 5 heteroatoms. The highest BCUT2D eigenvalue weighted by molar-refractivity contribution is 6.33. The molecule has 0 aromatic heterocycles. The van der Waals surface area contributed by atoms with Gasteiger partial charge in [0.05, 0.1) is 17.9 Å². The highest BCUT2D eigenvalue weighted by Gasteiger charge is 2.02. The Labute approximate surface area is 138 Å². The van der Waals surface area contributed by atoms with Crippen molar-refractivity contribution in [1.82, 2.24) is 0 Å². The van der Waals surface area contributed by atoms with Crippen LogP contribution in [-0.2, 0) is 0 Å². The van der Waals surface area contributed by atoms with Gasteiger partial charge in [0, 0.05) is 16.1 Å². The number of hydrazone groups is 1. The van der Waals surface area contributed by atoms with Gasteiger partial charge in [-0.3, -0.25) is 5.43 Å². The SMILES string of the molecule is O=C([O-])c1cc(N/N=C\c2cccc3ccccc23)ccc1Cl. The van der Waals surface area contributed by atoms with Crippen LogP contribution >= 0.6 is 11.6 Å². The molecule has 4 nitrogen and oxygen atoms in total. The molecule has 0 atom stereocenters. The molecule has 0 aliphatic rings. The van der Waals surface area contributed by atoms with Gasteiger partial charge >= 0.3 is 0 Å². The average molecular weight is 324 g/mol. The number of nitrogens with one attached hydrogen (secondary N) is 1. The van der Waals surface area contributed by atoms with Gasteiger partial charge in [0.25, 0.3) is 0 Å². The number of carbonyl (C=O) groups is 1. The van der Waals surface area contributed by atoms with E-state index >= 15 is 0 Å². The molecule has 0 amide bonds. The van der Waals surface area contributed by atoms with Gasteiger partial charge in [-0.25, -0.2) is 0 Å². The zero-order valence-electron chi connectivity index (χ0n) is 12.0. The van der Waals surface area contributed by atoms with E-state index in [4.69, 9.17) is 11.6 Å². The first kappa shape index (κ1) is 15.1. The number of hydrogen-bond donors (Lipinski definition) is 1. The fraction of sp³-hybridized carbons (Fsp3) is 0. The summed E-state index contributed by atoms with van der Waals surface area (Å²) < 4.78 is 0. The van der Waals surface area contributed by atoms with Crippen LogP contribution in [0, 0.1) is 0 Å². The molecular formula is C18H12ClN2O2-. The molecule has 0 fully saturated rings. The monoisotopic (exact) mass is 323 g/mol. The van der Waals surface area contributed by atoms with E-state index in [9.17, 15) is 9.90 Å². The van der Waals surface area contributed by atoms with Crippen LogP contribution in [-0.4, -0.2) is 12.2 Å². The number of hydrogen-bond acceptors (Lipinski definition) is 4. The molecule has 0 spiro atoms. The molecular weight excluding hydrogens is 312 g/mol. The van der Waals surface area contributed by atoms with Crippen LogP contribution in [0.5, 0.6) is 0 Å². The number of carboxylic acids is 1. The third-order valence-corrected chi connectivity index (χ3v) is 3.74. The molecule has 0 heterocycles. The maximum Gasteiger partial charge on any atom is 0.0731 e. The standard InChI is InChI=1S/C18H13ClN2O2/c19-17-9-8-14(10-16(17)18(22)23)21-20-11-13-6-3-5-12-4-1-2-7-15(12)13/h1-11,21H,(H,22,23)/p-1/b20-11-. The molecule has 0 saturated heterocycles. The molecule has 1 N–H and O–H groups in total. The molecule has 3 aromatic rings. The smallest absolute Gasteiger partial charge is 0.0731 e. The summed E-state index contributed by atoms with van der Waals surface area (Å²) in [7, 11) is 0. The number of aromatic carboxylic acids is 1. The number of halogens is 1. The van der Waals surface area contributed by atoms with Crippen molar-refractivity contribution in [3.8, 4) is 0 Å². The lowest BCUT2D eigenvalue weighted by atomic mass is 10.1. The third-order valence-electron chi connectivity index (χ3n) is 3.41. The summed E-state index contributed by atoms with van der Waals surface area (Å²) in [5.74, 6) is -1.32. The van der Waals surface area contributed by atoms with E-state index < -0.39 is 5.97 Å². The summed E-state index contributed by atoms with van der Waals surface area (Å²) in [5.41, 5.74) is 4.21. The van der Waals surface area contributed by atoms with E-state index in [1.165, 1.54) is 12.1 Å². The highest BCUT2D eigenvalue weighted by Crippen LogP contribution is 2.20. The number of carbonyl (C=O) groups excluding carboxylic acids is 1. The van der Waals surface area contributed by atoms with Gasteiger partial charge in [0.2, 0.25) is 0 Å². The fourth-order valence-corrected chi connectivity index (χ4v) is 2.49. The lowest BCUT2D eigenvalue weighted by Crippen LogP contribution is -2.22. The normalized spacial score (nSPS) is 11.0. The second kappa shape index (κ2) is 6.50. The summed E-state index contributed by atoms with van der Waals surface area (Å²) in [6, 6.07) is 18.5. The van der Waals surface area contributed by atoms with Crippen LogP contribution in [0.2, 0.25) is 5.02 Å². The number of fused-ring (bicyclic) bond motifs is 1. The van der Waals surface area contributed by atoms with E-state index in [-0.39, 0.29) is 10.6 Å². The second-order valence-corrected chi connectivity index (χ2v) is 5.33. The van der Waals surface area contributed by atoms with Gasteiger partial charge in [0.15, 0.2) is 0 Å². The van der Waals surface area contributed by atoms with E-state index in [2.05, 4.69) is 10.5 Å². The largest absolute Gasteiger partial charge is 0.545 e. The topological polar surface area (TPSA) is 64.5 Å². The zero-order valence-corrected chi connectivity index (χ0v) is 12.7. The Balaban J connectivity index is 1.84. The lowest BCUT2D eigenvalue weighted by molar-refractivity contribution is -0.255. The molecule has 0 saturated carbocycles. The fourth-order valence-electron chi connectivity index (χ4n) is 2.29. The van der Waals surface area contributed by atoms with Crippen molar-refractivity contribution >= 4 is 40.2 Å². The summed E-state index contributed by atoms with van der Waals surface area (Å²) in [4.78, 5) is 11.0. The molecule has 114 valence electrons. The van der Waals surface area contributed by atoms with Gasteiger partial charge in [-0.15, -0.1) is 0 Å². The van der Waals surface area contributed by atoms with Crippen molar-refractivity contribution in [2.24, 2.45) is 5.10 Å². The first-order valence-corrected chi connectivity index (χ1v) is 7.31. The van der Waals surface area contributed by atoms with Crippen LogP contribution in [0.3, 0.4) is 0 Å². The predicted octanol–water partition coefficient (Wildman–Crippen LogP) is 3.30. The number of benzene rings is 3. The Bertz CT molecular complexity index is 901. The Hall–Kier alpha value is -2.85. The summed E-state index contributed by atoms with van der Waals surface area (Å²) in [6.45, 7) is 0. The van der Waals surface area contributed by atoms with Gasteiger partial charge in [0.1, 0.15) is 0 Å². The summed E-state index contributed by atoms with van der Waals surface area (Å²) in [6.07, 6.45) is 1.69. The van der Waals surface area contributed by atoms with Crippen LogP contribution in [0.1, 0.15) is 15.9 Å². The van der Waals surface area contributed by atoms with Crippen LogP contribution in [0.25, 0.3) is 10.8 Å². The second-order valence-electron chi connectivity index (χ2n) is 4.92. The minimum atomic E-state index is -1.32. The van der Waals surface area contributed by atoms with Crippen molar-refractivity contribution < 1.29 is 9.90 Å². The Morgan fingerprint density at radius 2 is 1.87 bits per heavy atom. The summed E-state index contributed by atoms with van der Waals surface area (Å²) >= 11 is 5.80. The van der Waals surface area contributed by atoms with Gasteiger partial charge in [-0.2, -0.15) is 5.10 Å². The van der Waals surface area contributed by atoms with Crippen molar-refractivity contribution in [2.75, 3.05) is 5.43 Å². The number of carboxylic acid groups (broad SMARTS) is 1. The Morgan fingerprint density at radius 1 is 1.09 bits per heavy atom. The van der Waals surface area contributed by atoms with Crippen LogP contribution < -0.4 is 10.5 Å². The van der Waals surface area contributed by atoms with Crippen LogP contribution in [0.15, 0.2) is 65.8 Å². The van der Waals surface area contributed by atoms with Gasteiger partial charge in [-0.1, -0.05) is 54.1 Å². The van der Waals surface area contributed by atoms with Crippen molar-refractivity contribution in [2.45, 2.75) is 0 Å². The molecule has 3 rings (SSSR count). The molecule has 0 aliphatic heterocycles. The van der Waals surface area contributed by atoms with Crippen molar-refractivity contribution in [1.29, 1.82) is 0 Å². The van der Waals surface area contributed by atoms with Gasteiger partial charge < -0.3 is 9.90 Å². The number of nitrogens with zero attached hydrogens (tertiary/aromatic N) is 1. The Morgan fingerprint density at radius 3 is 2.70 bits per heavy atom. The van der Waals surface area contributed by atoms with Gasteiger partial charge in [-0.05, 0) is 29.0 Å². The maximum atomic E-state index is 11.0. The molecule has 0 radical (unpaired) electrons. The quantitative estimate of drug-likeness (QED) is 0.592. The first-order chi connectivity index (χ1) is 11.1. The third kappa shape index (κ3) is 3.33. The molecule has 0 aliphatic carbocycles. The number of anilines is 1. The molecule has 3 aromatic carbocycles. The Kier molecular flexibility index (Phi) is 4.26. The van der Waals surface area contributed by atoms with E-state index in [1.54, 1.807) is 12.3 Å². The molecule has 23 heavy (non-hydrogen) atoms. The van der Waals surface area contributed by atoms with E-state index in [0.717, 1.165) is 16.3 Å². The molecule has 0 unspecified atom stereocenters. The van der Waals surface area contributed by atoms with Crippen molar-refractivity contribution in [3.63, 3.8) is 0 Å². The van der Waals surface area contributed by atoms with E-state index in [1.807, 2.05) is 42.5 Å². The first-order valence-electron chi connectivity index (χ1n) is 6.93. The minimum Gasteiger partial charge on any atom is -0.545 e. The highest BCUT2D eigenvalue weighted by atomic mass is 35.5. The van der Waals surface area contributed by atoms with E-state index in [0.29, 0.717) is 5.69 Å².